The quantitative estimate of drug-likeness (QED) is 0.639. The molecule has 0 saturated carbocycles. The third-order valence-corrected chi connectivity index (χ3v) is 2.28. The number of amides is 1. The van der Waals surface area contributed by atoms with Gasteiger partial charge in [-0.15, -0.1) is 0 Å². The van der Waals surface area contributed by atoms with E-state index in [9.17, 15) is 4.79 Å². The van der Waals surface area contributed by atoms with Crippen molar-refractivity contribution in [2.75, 3.05) is 6.54 Å². The van der Waals surface area contributed by atoms with Gasteiger partial charge in [0.05, 0.1) is 6.04 Å². The minimum Gasteiger partial charge on any atom is -0.355 e. The maximum Gasteiger partial charge on any atom is 0.237 e. The Labute approximate surface area is 87.4 Å². The van der Waals surface area contributed by atoms with Crippen molar-refractivity contribution in [1.82, 2.24) is 5.32 Å². The molecule has 0 aromatic carbocycles. The highest BCUT2D eigenvalue weighted by molar-refractivity contribution is 5.81. The van der Waals surface area contributed by atoms with Crippen molar-refractivity contribution in [2.45, 2.75) is 46.6 Å². The number of rotatable bonds is 6. The van der Waals surface area contributed by atoms with E-state index in [0.717, 1.165) is 19.4 Å². The van der Waals surface area contributed by atoms with Gasteiger partial charge in [0.15, 0.2) is 0 Å². The molecule has 0 rings (SSSR count). The van der Waals surface area contributed by atoms with Gasteiger partial charge in [-0.1, -0.05) is 27.7 Å². The van der Waals surface area contributed by atoms with E-state index >= 15 is 0 Å². The van der Waals surface area contributed by atoms with Crippen molar-refractivity contribution in [3.63, 3.8) is 0 Å². The van der Waals surface area contributed by atoms with Gasteiger partial charge in [-0.3, -0.25) is 4.79 Å². The average Bonchev–Trinajstić information content (AvgIpc) is 2.10. The molecular formula is C11H24N2O. The van der Waals surface area contributed by atoms with Crippen LogP contribution >= 0.6 is 0 Å². The topological polar surface area (TPSA) is 55.1 Å². The molecular weight excluding hydrogens is 176 g/mol. The first kappa shape index (κ1) is 13.4. The highest BCUT2D eigenvalue weighted by Gasteiger charge is 2.15. The van der Waals surface area contributed by atoms with E-state index in [1.54, 1.807) is 0 Å². The Hall–Kier alpha value is -0.570. The van der Waals surface area contributed by atoms with E-state index < -0.39 is 0 Å². The molecule has 1 atom stereocenters. The summed E-state index contributed by atoms with van der Waals surface area (Å²) >= 11 is 0. The normalized spacial score (nSPS) is 13.4. The number of nitrogens with one attached hydrogen (secondary N) is 1. The standard InChI is InChI=1S/C11H24N2O/c1-8(2)6-5-7-13-11(14)10(12)9(3)4/h8-10H,5-7,12H2,1-4H3,(H,13,14)/t10-/m0/s1. The van der Waals surface area contributed by atoms with Gasteiger partial charge in [-0.05, 0) is 24.7 Å². The fraction of sp³-hybridized carbons (Fsp3) is 0.909. The van der Waals surface area contributed by atoms with Crippen LogP contribution in [0.25, 0.3) is 0 Å². The number of hydrogen-bond acceptors (Lipinski definition) is 2. The summed E-state index contributed by atoms with van der Waals surface area (Å²) in [6, 6.07) is -0.367. The summed E-state index contributed by atoms with van der Waals surface area (Å²) in [6.45, 7) is 9.03. The fourth-order valence-electron chi connectivity index (χ4n) is 1.14. The predicted octanol–water partition coefficient (Wildman–Crippen LogP) is 1.52. The van der Waals surface area contributed by atoms with Gasteiger partial charge >= 0.3 is 0 Å². The van der Waals surface area contributed by atoms with Crippen LogP contribution in [0, 0.1) is 11.8 Å². The van der Waals surface area contributed by atoms with E-state index in [-0.39, 0.29) is 17.9 Å². The van der Waals surface area contributed by atoms with Crippen LogP contribution in [0.3, 0.4) is 0 Å². The first-order chi connectivity index (χ1) is 6.45. The fourth-order valence-corrected chi connectivity index (χ4v) is 1.14. The van der Waals surface area contributed by atoms with Gasteiger partial charge in [0, 0.05) is 6.54 Å². The second kappa shape index (κ2) is 6.82. The Balaban J connectivity index is 3.54. The molecule has 0 heterocycles. The second-order valence-electron chi connectivity index (χ2n) is 4.60. The molecule has 0 aromatic rings. The minimum atomic E-state index is -0.367. The lowest BCUT2D eigenvalue weighted by molar-refractivity contribution is -0.123. The lowest BCUT2D eigenvalue weighted by Gasteiger charge is -2.15. The van der Waals surface area contributed by atoms with E-state index in [1.807, 2.05) is 13.8 Å². The van der Waals surface area contributed by atoms with Crippen molar-refractivity contribution < 1.29 is 4.79 Å². The molecule has 0 spiro atoms. The Bertz CT molecular complexity index is 167. The molecule has 0 aromatic heterocycles. The third kappa shape index (κ3) is 5.97. The van der Waals surface area contributed by atoms with Crippen molar-refractivity contribution >= 4 is 5.91 Å². The number of carbonyl (C=O) groups excluding carboxylic acids is 1. The molecule has 0 aliphatic rings. The van der Waals surface area contributed by atoms with E-state index in [1.165, 1.54) is 0 Å². The van der Waals surface area contributed by atoms with E-state index in [4.69, 9.17) is 5.73 Å². The van der Waals surface area contributed by atoms with Crippen LogP contribution in [0.15, 0.2) is 0 Å². The zero-order valence-electron chi connectivity index (χ0n) is 9.84. The highest BCUT2D eigenvalue weighted by atomic mass is 16.2. The van der Waals surface area contributed by atoms with Gasteiger partial charge in [0.1, 0.15) is 0 Å². The molecule has 0 fully saturated rings. The summed E-state index contributed by atoms with van der Waals surface area (Å²) in [4.78, 5) is 11.4. The molecule has 0 bridgehead atoms. The smallest absolute Gasteiger partial charge is 0.237 e. The van der Waals surface area contributed by atoms with Crippen molar-refractivity contribution in [3.05, 3.63) is 0 Å². The maximum absolute atomic E-state index is 11.4. The van der Waals surface area contributed by atoms with E-state index in [0.29, 0.717) is 5.92 Å². The molecule has 1 amide bonds. The van der Waals surface area contributed by atoms with Crippen LogP contribution < -0.4 is 11.1 Å². The Morgan fingerprint density at radius 3 is 2.29 bits per heavy atom. The van der Waals surface area contributed by atoms with Crippen LogP contribution in [0.4, 0.5) is 0 Å². The molecule has 14 heavy (non-hydrogen) atoms. The molecule has 0 saturated heterocycles. The summed E-state index contributed by atoms with van der Waals surface area (Å²) < 4.78 is 0. The molecule has 3 N–H and O–H groups in total. The van der Waals surface area contributed by atoms with Crippen LogP contribution in [-0.2, 0) is 4.79 Å². The van der Waals surface area contributed by atoms with Crippen LogP contribution in [0.2, 0.25) is 0 Å². The van der Waals surface area contributed by atoms with Crippen molar-refractivity contribution in [2.24, 2.45) is 17.6 Å². The van der Waals surface area contributed by atoms with Crippen molar-refractivity contribution in [3.8, 4) is 0 Å². The zero-order chi connectivity index (χ0) is 11.1. The molecule has 3 nitrogen and oxygen atoms in total. The third-order valence-electron chi connectivity index (χ3n) is 2.28. The van der Waals surface area contributed by atoms with Crippen LogP contribution in [-0.4, -0.2) is 18.5 Å². The molecule has 0 unspecified atom stereocenters. The van der Waals surface area contributed by atoms with E-state index in [2.05, 4.69) is 19.2 Å². The lowest BCUT2D eigenvalue weighted by atomic mass is 10.0. The highest BCUT2D eigenvalue weighted by Crippen LogP contribution is 2.02. The summed E-state index contributed by atoms with van der Waals surface area (Å²) in [5, 5.41) is 2.86. The Morgan fingerprint density at radius 2 is 1.86 bits per heavy atom. The summed E-state index contributed by atoms with van der Waals surface area (Å²) in [7, 11) is 0. The van der Waals surface area contributed by atoms with Gasteiger partial charge in [0.25, 0.3) is 0 Å². The number of nitrogens with two attached hydrogens (primary N) is 1. The summed E-state index contributed by atoms with van der Waals surface area (Å²) in [5.41, 5.74) is 5.69. The van der Waals surface area contributed by atoms with Gasteiger partial charge in [-0.2, -0.15) is 0 Å². The molecule has 84 valence electrons. The Kier molecular flexibility index (Phi) is 6.54. The summed E-state index contributed by atoms with van der Waals surface area (Å²) in [6.07, 6.45) is 2.19. The number of carbonyl (C=O) groups is 1. The molecule has 0 radical (unpaired) electrons. The first-order valence-corrected chi connectivity index (χ1v) is 5.48. The number of hydrogen-bond donors (Lipinski definition) is 2. The molecule has 3 heteroatoms. The maximum atomic E-state index is 11.4. The molecule has 0 aliphatic heterocycles. The monoisotopic (exact) mass is 200 g/mol. The SMILES string of the molecule is CC(C)CCCNC(=O)[C@@H](N)C(C)C. The first-order valence-electron chi connectivity index (χ1n) is 5.48. The lowest BCUT2D eigenvalue weighted by Crippen LogP contribution is -2.44. The minimum absolute atomic E-state index is 0.0243. The average molecular weight is 200 g/mol. The van der Waals surface area contributed by atoms with Crippen LogP contribution in [0.1, 0.15) is 40.5 Å². The van der Waals surface area contributed by atoms with Gasteiger partial charge < -0.3 is 11.1 Å². The molecule has 0 aliphatic carbocycles. The second-order valence-corrected chi connectivity index (χ2v) is 4.60. The van der Waals surface area contributed by atoms with Gasteiger partial charge in [0.2, 0.25) is 5.91 Å². The summed E-state index contributed by atoms with van der Waals surface area (Å²) in [5.74, 6) is 0.884. The van der Waals surface area contributed by atoms with Gasteiger partial charge in [-0.25, -0.2) is 0 Å². The largest absolute Gasteiger partial charge is 0.355 e. The van der Waals surface area contributed by atoms with Crippen LogP contribution in [0.5, 0.6) is 0 Å². The zero-order valence-corrected chi connectivity index (χ0v) is 9.84. The Morgan fingerprint density at radius 1 is 1.29 bits per heavy atom. The predicted molar refractivity (Wildman–Crippen MR) is 59.9 cm³/mol. The van der Waals surface area contributed by atoms with Crippen molar-refractivity contribution in [1.29, 1.82) is 0 Å².